The summed E-state index contributed by atoms with van der Waals surface area (Å²) in [5.41, 5.74) is 0.481. The number of halogens is 4. The largest absolute Gasteiger partial charge is 0.471 e. The molecule has 0 aromatic heterocycles. The van der Waals surface area contributed by atoms with Crippen molar-refractivity contribution in [1.29, 1.82) is 0 Å². The molecule has 2 unspecified atom stereocenters. The van der Waals surface area contributed by atoms with Crippen LogP contribution in [0.3, 0.4) is 0 Å². The maximum Gasteiger partial charge on any atom is 0.471 e. The lowest BCUT2D eigenvalue weighted by Gasteiger charge is -2.43. The van der Waals surface area contributed by atoms with Crippen LogP contribution in [0, 0.1) is 11.7 Å². The maximum atomic E-state index is 15.5. The van der Waals surface area contributed by atoms with Crippen molar-refractivity contribution in [3.8, 4) is 11.1 Å². The number of hydrogen-bond donors (Lipinski definition) is 3. The number of carbonyl (C=O) groups excluding carboxylic acids is 2. The molecule has 2 atom stereocenters. The molecule has 2 aromatic rings. The van der Waals surface area contributed by atoms with Gasteiger partial charge in [-0.1, -0.05) is 43.3 Å². The molecule has 0 radical (unpaired) electrons. The van der Waals surface area contributed by atoms with E-state index in [2.05, 4.69) is 5.32 Å². The van der Waals surface area contributed by atoms with Crippen molar-refractivity contribution >= 4 is 11.8 Å². The number of alkyl halides is 3. The van der Waals surface area contributed by atoms with Crippen LogP contribution in [0.15, 0.2) is 42.5 Å². The minimum absolute atomic E-state index is 0.0237. The molecule has 0 aliphatic carbocycles. The van der Waals surface area contributed by atoms with Gasteiger partial charge in [0.15, 0.2) is 0 Å². The van der Waals surface area contributed by atoms with Gasteiger partial charge in [0.25, 0.3) is 0 Å². The first-order valence-corrected chi connectivity index (χ1v) is 13.9. The number of rotatable bonds is 12. The van der Waals surface area contributed by atoms with Crippen molar-refractivity contribution in [2.24, 2.45) is 5.92 Å². The van der Waals surface area contributed by atoms with E-state index in [0.29, 0.717) is 49.9 Å². The van der Waals surface area contributed by atoms with Crippen LogP contribution in [0.4, 0.5) is 17.6 Å². The molecule has 3 N–H and O–H groups in total. The van der Waals surface area contributed by atoms with Gasteiger partial charge in [-0.3, -0.25) is 9.59 Å². The van der Waals surface area contributed by atoms with E-state index in [0.717, 1.165) is 12.0 Å². The van der Waals surface area contributed by atoms with E-state index >= 15 is 4.39 Å². The second kappa shape index (κ2) is 14.1. The highest BCUT2D eigenvalue weighted by atomic mass is 19.4. The second-order valence-corrected chi connectivity index (χ2v) is 10.4. The van der Waals surface area contributed by atoms with Crippen LogP contribution < -0.4 is 10.6 Å². The van der Waals surface area contributed by atoms with Crippen molar-refractivity contribution in [2.45, 2.75) is 63.6 Å². The van der Waals surface area contributed by atoms with E-state index in [1.54, 1.807) is 17.0 Å². The van der Waals surface area contributed by atoms with Crippen LogP contribution in [0.5, 0.6) is 0 Å². The zero-order chi connectivity index (χ0) is 29.3. The maximum absolute atomic E-state index is 15.5. The molecule has 6 nitrogen and oxygen atoms in total. The highest BCUT2D eigenvalue weighted by molar-refractivity contribution is 5.81. The number of likely N-dealkylation sites (tertiary alicyclic amines) is 1. The van der Waals surface area contributed by atoms with E-state index in [4.69, 9.17) is 0 Å². The molecular weight excluding hydrogens is 526 g/mol. The summed E-state index contributed by atoms with van der Waals surface area (Å²) in [6, 6.07) is 11.9. The minimum Gasteiger partial charge on any atom is -0.385 e. The fourth-order valence-corrected chi connectivity index (χ4v) is 5.51. The zero-order valence-electron chi connectivity index (χ0n) is 23.1. The Hall–Kier alpha value is -2.98. The van der Waals surface area contributed by atoms with E-state index in [1.807, 2.05) is 37.5 Å². The molecule has 1 fully saturated rings. The van der Waals surface area contributed by atoms with Crippen molar-refractivity contribution in [3.05, 3.63) is 59.4 Å². The van der Waals surface area contributed by atoms with Gasteiger partial charge in [-0.05, 0) is 74.9 Å². The third-order valence-electron chi connectivity index (χ3n) is 7.65. The summed E-state index contributed by atoms with van der Waals surface area (Å²) in [7, 11) is 1.81. The van der Waals surface area contributed by atoms with Crippen LogP contribution in [-0.4, -0.2) is 61.2 Å². The Kier molecular flexibility index (Phi) is 11.1. The lowest BCUT2D eigenvalue weighted by molar-refractivity contribution is -0.173. The molecule has 2 aromatic carbocycles. The predicted octanol–water partition coefficient (Wildman–Crippen LogP) is 4.94. The normalized spacial score (nSPS) is 17.4. The summed E-state index contributed by atoms with van der Waals surface area (Å²) in [5, 5.41) is 17.3. The first kappa shape index (κ1) is 31.5. The molecule has 0 spiro atoms. The van der Waals surface area contributed by atoms with Gasteiger partial charge < -0.3 is 20.6 Å². The van der Waals surface area contributed by atoms with Crippen molar-refractivity contribution in [2.75, 3.05) is 33.2 Å². The Morgan fingerprint density at radius 3 is 2.55 bits per heavy atom. The molecule has 1 heterocycles. The first-order valence-electron chi connectivity index (χ1n) is 13.9. The number of piperidine rings is 1. The molecule has 1 aliphatic heterocycles. The molecule has 1 saturated heterocycles. The molecule has 40 heavy (non-hydrogen) atoms. The van der Waals surface area contributed by atoms with Crippen molar-refractivity contribution in [3.63, 3.8) is 0 Å². The van der Waals surface area contributed by atoms with E-state index in [9.17, 15) is 27.9 Å². The van der Waals surface area contributed by atoms with Crippen molar-refractivity contribution in [1.82, 2.24) is 15.5 Å². The summed E-state index contributed by atoms with van der Waals surface area (Å²) in [6.07, 6.45) is -2.08. The average molecular weight is 566 g/mol. The monoisotopic (exact) mass is 565 g/mol. The van der Waals surface area contributed by atoms with Crippen LogP contribution in [0.2, 0.25) is 0 Å². The number of benzene rings is 2. The van der Waals surface area contributed by atoms with E-state index < -0.39 is 29.4 Å². The van der Waals surface area contributed by atoms with Crippen LogP contribution in [0.25, 0.3) is 11.1 Å². The van der Waals surface area contributed by atoms with E-state index in [-0.39, 0.29) is 37.4 Å². The third-order valence-corrected chi connectivity index (χ3v) is 7.65. The smallest absolute Gasteiger partial charge is 0.385 e. The molecular formula is C30H39F4N3O3. The van der Waals surface area contributed by atoms with Crippen LogP contribution in [0.1, 0.15) is 56.6 Å². The van der Waals surface area contributed by atoms with Gasteiger partial charge in [-0.15, -0.1) is 0 Å². The molecule has 0 saturated carbocycles. The highest BCUT2D eigenvalue weighted by Crippen LogP contribution is 2.44. The average Bonchev–Trinajstić information content (AvgIpc) is 2.94. The summed E-state index contributed by atoms with van der Waals surface area (Å²) in [5.74, 6) is -3.09. The molecule has 220 valence electrons. The molecule has 10 heteroatoms. The van der Waals surface area contributed by atoms with Crippen LogP contribution in [-0.2, 0) is 21.6 Å². The summed E-state index contributed by atoms with van der Waals surface area (Å²) in [4.78, 5) is 26.0. The Labute approximate surface area is 233 Å². The highest BCUT2D eigenvalue weighted by Gasteiger charge is 2.43. The van der Waals surface area contributed by atoms with Gasteiger partial charge in [0.1, 0.15) is 5.82 Å². The summed E-state index contributed by atoms with van der Waals surface area (Å²) >= 11 is 0. The fraction of sp³-hybridized carbons (Fsp3) is 0.533. The Bertz CT molecular complexity index is 1160. The number of hydrogen-bond acceptors (Lipinski definition) is 4. The molecule has 0 bridgehead atoms. The van der Waals surface area contributed by atoms with Gasteiger partial charge in [0.2, 0.25) is 5.91 Å². The number of aliphatic hydroxyl groups is 1. The topological polar surface area (TPSA) is 81.7 Å². The first-order chi connectivity index (χ1) is 19.0. The molecule has 3 rings (SSSR count). The standard InChI is InChI=1S/C30H39F4N3O3/c1-3-21-9-4-10-22(19-21)27-24(12-5-13-25(27)31)29(40,15-8-17-36-28(39)30(32,33)34)23-11-7-18-37(20-23)26(38)14-6-16-35-2/h4-5,9-10,12-13,19,23,35,40H,3,6-8,11,14-18,20H2,1-2H3,(H,36,39). The number of nitrogens with zero attached hydrogens (tertiary/aromatic N) is 1. The van der Waals surface area contributed by atoms with Gasteiger partial charge in [0.05, 0.1) is 5.60 Å². The molecule has 1 aliphatic rings. The van der Waals surface area contributed by atoms with Gasteiger partial charge in [-0.2, -0.15) is 13.2 Å². The second-order valence-electron chi connectivity index (χ2n) is 10.4. The number of nitrogens with one attached hydrogen (secondary N) is 2. The van der Waals surface area contributed by atoms with Crippen molar-refractivity contribution < 1.29 is 32.3 Å². The van der Waals surface area contributed by atoms with Gasteiger partial charge in [-0.25, -0.2) is 4.39 Å². The Morgan fingerprint density at radius 1 is 1.10 bits per heavy atom. The Morgan fingerprint density at radius 2 is 1.85 bits per heavy atom. The van der Waals surface area contributed by atoms with Crippen LogP contribution >= 0.6 is 0 Å². The molecule has 2 amide bonds. The predicted molar refractivity (Wildman–Crippen MR) is 146 cm³/mol. The lowest BCUT2D eigenvalue weighted by atomic mass is 9.72. The number of aryl methyl sites for hydroxylation is 1. The van der Waals surface area contributed by atoms with E-state index in [1.165, 1.54) is 12.1 Å². The zero-order valence-corrected chi connectivity index (χ0v) is 23.1. The SMILES string of the molecule is CCc1cccc(-c2c(F)cccc2C(O)(CCCNC(=O)C(F)(F)F)C2CCCN(C(=O)CCCNC)C2)c1. The van der Waals surface area contributed by atoms with Gasteiger partial charge in [0, 0.05) is 37.5 Å². The number of amides is 2. The summed E-state index contributed by atoms with van der Waals surface area (Å²) in [6.45, 7) is 3.16. The fourth-order valence-electron chi connectivity index (χ4n) is 5.51. The lowest BCUT2D eigenvalue weighted by Crippen LogP contribution is -2.48. The third kappa shape index (κ3) is 7.81. The Balaban J connectivity index is 1.97. The summed E-state index contributed by atoms with van der Waals surface area (Å²) < 4.78 is 53.6. The quantitative estimate of drug-likeness (QED) is 0.252. The minimum atomic E-state index is -5.01. The van der Waals surface area contributed by atoms with Gasteiger partial charge >= 0.3 is 12.1 Å². The number of carbonyl (C=O) groups is 2.